The molecule has 1 atom stereocenters. The minimum absolute atomic E-state index is 0.0891. The minimum Gasteiger partial charge on any atom is -0.497 e. The number of carbonyl (C=O) groups is 1. The van der Waals surface area contributed by atoms with E-state index in [2.05, 4.69) is 10.4 Å². The first-order chi connectivity index (χ1) is 13.0. The topological polar surface area (TPSA) is 56.1 Å². The molecule has 0 bridgehead atoms. The quantitative estimate of drug-likeness (QED) is 0.447. The maximum absolute atomic E-state index is 12.5. The van der Waals surface area contributed by atoms with Gasteiger partial charge in [-0.15, -0.1) is 5.10 Å². The number of carbonyl (C=O) groups excluding carboxylic acids is 1. The molecule has 1 heterocycles. The molecule has 0 fully saturated rings. The van der Waals surface area contributed by atoms with Crippen molar-refractivity contribution in [3.8, 4) is 11.4 Å². The molecule has 0 aliphatic rings. The molecule has 27 heavy (non-hydrogen) atoms. The fourth-order valence-electron chi connectivity index (χ4n) is 2.38. The number of para-hydroxylation sites is 1. The number of amides is 1. The highest BCUT2D eigenvalue weighted by Crippen LogP contribution is 2.29. The van der Waals surface area contributed by atoms with Gasteiger partial charge in [-0.05, 0) is 62.0 Å². The first kappa shape index (κ1) is 19.6. The molecule has 8 heteroatoms. The molecule has 1 aromatic heterocycles. The van der Waals surface area contributed by atoms with E-state index in [0.29, 0.717) is 3.95 Å². The number of nitrogens with zero attached hydrogens (tertiary/aromatic N) is 2. The summed E-state index contributed by atoms with van der Waals surface area (Å²) in [5.74, 6) is 0.658. The molecule has 2 aromatic carbocycles. The van der Waals surface area contributed by atoms with E-state index < -0.39 is 0 Å². The SMILES string of the molecule is COc1ccc(NC(=O)[C@@H](C)Sc2nn(-c3ccccc3C)c(=S)s2)cc1. The average Bonchev–Trinajstić information content (AvgIpc) is 3.02. The largest absolute Gasteiger partial charge is 0.497 e. The van der Waals surface area contributed by atoms with Gasteiger partial charge in [-0.2, -0.15) is 0 Å². The Morgan fingerprint density at radius 3 is 2.63 bits per heavy atom. The van der Waals surface area contributed by atoms with E-state index in [9.17, 15) is 4.79 Å². The van der Waals surface area contributed by atoms with Crippen LogP contribution in [0.3, 0.4) is 0 Å². The van der Waals surface area contributed by atoms with E-state index in [-0.39, 0.29) is 11.2 Å². The Balaban J connectivity index is 1.69. The van der Waals surface area contributed by atoms with E-state index in [1.54, 1.807) is 11.8 Å². The predicted octanol–water partition coefficient (Wildman–Crippen LogP) is 5.10. The molecule has 3 rings (SSSR count). The van der Waals surface area contributed by atoms with Crippen LogP contribution in [0.25, 0.3) is 5.69 Å². The highest BCUT2D eigenvalue weighted by molar-refractivity contribution is 8.02. The number of hydrogen-bond donors (Lipinski definition) is 1. The van der Waals surface area contributed by atoms with Crippen molar-refractivity contribution in [2.24, 2.45) is 0 Å². The summed E-state index contributed by atoms with van der Waals surface area (Å²) in [5, 5.41) is 7.19. The number of thioether (sulfide) groups is 1. The van der Waals surface area contributed by atoms with Crippen LogP contribution in [0.15, 0.2) is 52.9 Å². The van der Waals surface area contributed by atoms with Crippen molar-refractivity contribution in [2.45, 2.75) is 23.4 Å². The van der Waals surface area contributed by atoms with Gasteiger partial charge in [0.15, 0.2) is 8.29 Å². The highest BCUT2D eigenvalue weighted by atomic mass is 32.2. The molecule has 0 aliphatic heterocycles. The molecule has 1 N–H and O–H groups in total. The lowest BCUT2D eigenvalue weighted by Crippen LogP contribution is -2.22. The van der Waals surface area contributed by atoms with Crippen LogP contribution in [0.1, 0.15) is 12.5 Å². The second-order valence-corrected chi connectivity index (χ2v) is 9.02. The van der Waals surface area contributed by atoms with Gasteiger partial charge in [0.1, 0.15) is 5.75 Å². The third-order valence-electron chi connectivity index (χ3n) is 3.88. The molecule has 0 radical (unpaired) electrons. The first-order valence-corrected chi connectivity index (χ1v) is 10.4. The molecule has 1 amide bonds. The number of aryl methyl sites for hydroxylation is 1. The monoisotopic (exact) mass is 417 g/mol. The number of rotatable bonds is 6. The normalized spacial score (nSPS) is 11.8. The third-order valence-corrected chi connectivity index (χ3v) is 6.29. The fraction of sp³-hybridized carbons (Fsp3) is 0.211. The summed E-state index contributed by atoms with van der Waals surface area (Å²) in [6, 6.07) is 15.2. The van der Waals surface area contributed by atoms with E-state index in [4.69, 9.17) is 17.0 Å². The lowest BCUT2D eigenvalue weighted by molar-refractivity contribution is -0.115. The van der Waals surface area contributed by atoms with Crippen LogP contribution in [0.2, 0.25) is 0 Å². The van der Waals surface area contributed by atoms with Gasteiger partial charge >= 0.3 is 0 Å². The number of hydrogen-bond acceptors (Lipinski definition) is 6. The van der Waals surface area contributed by atoms with Crippen molar-refractivity contribution in [2.75, 3.05) is 12.4 Å². The lowest BCUT2D eigenvalue weighted by Gasteiger charge is -2.10. The van der Waals surface area contributed by atoms with Crippen LogP contribution in [-0.4, -0.2) is 28.0 Å². The zero-order valence-electron chi connectivity index (χ0n) is 15.1. The van der Waals surface area contributed by atoms with Crippen molar-refractivity contribution in [1.29, 1.82) is 0 Å². The number of nitrogens with one attached hydrogen (secondary N) is 1. The standard InChI is InChI=1S/C19H19N3O2S3/c1-12-6-4-5-7-16(12)22-19(25)27-18(21-22)26-13(2)17(23)20-14-8-10-15(24-3)11-9-14/h4-11,13H,1-3H3,(H,20,23)/t13-/m1/s1. The summed E-state index contributed by atoms with van der Waals surface area (Å²) < 4.78 is 8.30. The highest BCUT2D eigenvalue weighted by Gasteiger charge is 2.18. The molecular formula is C19H19N3O2S3. The Morgan fingerprint density at radius 1 is 1.26 bits per heavy atom. The van der Waals surface area contributed by atoms with Crippen LogP contribution in [-0.2, 0) is 4.79 Å². The summed E-state index contributed by atoms with van der Waals surface area (Å²) in [7, 11) is 1.61. The molecule has 0 spiro atoms. The van der Waals surface area contributed by atoms with Crippen LogP contribution in [0.4, 0.5) is 5.69 Å². The van der Waals surface area contributed by atoms with Gasteiger partial charge in [-0.3, -0.25) is 4.79 Å². The Kier molecular flexibility index (Phi) is 6.30. The van der Waals surface area contributed by atoms with Crippen LogP contribution in [0, 0.1) is 10.9 Å². The molecule has 140 valence electrons. The molecule has 0 saturated heterocycles. The predicted molar refractivity (Wildman–Crippen MR) is 114 cm³/mol. The zero-order chi connectivity index (χ0) is 19.4. The lowest BCUT2D eigenvalue weighted by atomic mass is 10.2. The average molecular weight is 418 g/mol. The fourth-order valence-corrected chi connectivity index (χ4v) is 4.88. The summed E-state index contributed by atoms with van der Waals surface area (Å²) >= 11 is 8.26. The van der Waals surface area contributed by atoms with Gasteiger partial charge in [0.2, 0.25) is 5.91 Å². The van der Waals surface area contributed by atoms with E-state index in [1.165, 1.54) is 23.1 Å². The van der Waals surface area contributed by atoms with E-state index >= 15 is 0 Å². The van der Waals surface area contributed by atoms with Gasteiger partial charge in [0, 0.05) is 5.69 Å². The summed E-state index contributed by atoms with van der Waals surface area (Å²) in [5.41, 5.74) is 2.79. The molecule has 0 saturated carbocycles. The van der Waals surface area contributed by atoms with E-state index in [1.807, 2.05) is 62.4 Å². The Labute approximate surface area is 171 Å². The summed E-state index contributed by atoms with van der Waals surface area (Å²) in [6.45, 7) is 3.88. The minimum atomic E-state index is -0.307. The van der Waals surface area contributed by atoms with Gasteiger partial charge < -0.3 is 10.1 Å². The number of benzene rings is 2. The molecule has 3 aromatic rings. The maximum Gasteiger partial charge on any atom is 0.237 e. The van der Waals surface area contributed by atoms with Gasteiger partial charge in [-0.1, -0.05) is 41.3 Å². The zero-order valence-corrected chi connectivity index (χ0v) is 17.6. The van der Waals surface area contributed by atoms with Gasteiger partial charge in [0.05, 0.1) is 18.0 Å². The second-order valence-electron chi connectivity index (χ2n) is 5.81. The number of anilines is 1. The van der Waals surface area contributed by atoms with Gasteiger partial charge in [-0.25, -0.2) is 4.68 Å². The Morgan fingerprint density at radius 2 is 1.96 bits per heavy atom. The maximum atomic E-state index is 12.5. The van der Waals surface area contributed by atoms with Crippen molar-refractivity contribution >= 4 is 46.9 Å². The molecule has 5 nitrogen and oxygen atoms in total. The third kappa shape index (κ3) is 4.77. The van der Waals surface area contributed by atoms with Crippen LogP contribution >= 0.6 is 35.3 Å². The Hall–Kier alpha value is -2.16. The summed E-state index contributed by atoms with van der Waals surface area (Å²) in [6.07, 6.45) is 0. The Bertz CT molecular complexity index is 996. The van der Waals surface area contributed by atoms with Crippen molar-refractivity contribution in [3.05, 3.63) is 58.0 Å². The number of methoxy groups -OCH3 is 1. The van der Waals surface area contributed by atoms with Crippen molar-refractivity contribution in [1.82, 2.24) is 9.78 Å². The second kappa shape index (κ2) is 8.69. The van der Waals surface area contributed by atoms with Crippen molar-refractivity contribution < 1.29 is 9.53 Å². The number of ether oxygens (including phenoxy) is 1. The molecular weight excluding hydrogens is 398 g/mol. The van der Waals surface area contributed by atoms with Crippen LogP contribution < -0.4 is 10.1 Å². The first-order valence-electron chi connectivity index (χ1n) is 8.25. The molecule has 0 aliphatic carbocycles. The number of aromatic nitrogens is 2. The molecule has 0 unspecified atom stereocenters. The van der Waals surface area contributed by atoms with Gasteiger partial charge in [0.25, 0.3) is 0 Å². The van der Waals surface area contributed by atoms with Crippen molar-refractivity contribution in [3.63, 3.8) is 0 Å². The van der Waals surface area contributed by atoms with Crippen LogP contribution in [0.5, 0.6) is 5.75 Å². The summed E-state index contributed by atoms with van der Waals surface area (Å²) in [4.78, 5) is 12.5. The smallest absolute Gasteiger partial charge is 0.237 e. The van der Waals surface area contributed by atoms with E-state index in [0.717, 1.165) is 27.0 Å².